The van der Waals surface area contributed by atoms with Crippen LogP contribution in [0.15, 0.2) is 11.5 Å². The number of carbonyl (C=O) groups excluding carboxylic acids is 2. The van der Waals surface area contributed by atoms with E-state index in [2.05, 4.69) is 9.64 Å². The molecular formula is C13H21NO7. The molecule has 1 rings (SSSR count). The van der Waals surface area contributed by atoms with E-state index in [1.165, 1.54) is 0 Å². The van der Waals surface area contributed by atoms with Gasteiger partial charge in [0.2, 0.25) is 0 Å². The average molecular weight is 303 g/mol. The number of aliphatic hydroxyl groups is 2. The topological polar surface area (TPSA) is 106 Å². The van der Waals surface area contributed by atoms with Crippen LogP contribution in [-0.4, -0.2) is 73.6 Å². The van der Waals surface area contributed by atoms with Crippen molar-refractivity contribution in [2.75, 3.05) is 46.6 Å². The molecule has 0 amide bonds. The summed E-state index contributed by atoms with van der Waals surface area (Å²) in [5, 5.41) is 18.4. The van der Waals surface area contributed by atoms with E-state index < -0.39 is 23.5 Å². The Morgan fingerprint density at radius 1 is 1.10 bits per heavy atom. The molecule has 8 nitrogen and oxygen atoms in total. The molecule has 0 saturated carbocycles. The Hall–Kier alpha value is -1.80. The molecule has 0 atom stereocenters. The van der Waals surface area contributed by atoms with Gasteiger partial charge in [0.05, 0.1) is 26.9 Å². The van der Waals surface area contributed by atoms with E-state index in [0.717, 1.165) is 46.4 Å². The van der Waals surface area contributed by atoms with Crippen molar-refractivity contribution in [3.05, 3.63) is 11.5 Å². The van der Waals surface area contributed by atoms with Gasteiger partial charge >= 0.3 is 11.9 Å². The second-order valence-electron chi connectivity index (χ2n) is 4.49. The van der Waals surface area contributed by atoms with E-state index in [4.69, 9.17) is 14.6 Å². The van der Waals surface area contributed by atoms with E-state index >= 15 is 0 Å². The molecule has 0 unspecified atom stereocenters. The molecule has 0 bridgehead atoms. The van der Waals surface area contributed by atoms with Crippen molar-refractivity contribution >= 4 is 11.9 Å². The van der Waals surface area contributed by atoms with Crippen LogP contribution in [0.4, 0.5) is 0 Å². The van der Waals surface area contributed by atoms with Crippen LogP contribution in [0.5, 0.6) is 0 Å². The first-order valence-electron chi connectivity index (χ1n) is 6.74. The van der Waals surface area contributed by atoms with Crippen LogP contribution in [-0.2, 0) is 23.8 Å². The number of hydrogen-bond acceptors (Lipinski definition) is 8. The van der Waals surface area contributed by atoms with Crippen molar-refractivity contribution in [3.8, 4) is 0 Å². The minimum atomic E-state index is -1.20. The summed E-state index contributed by atoms with van der Waals surface area (Å²) in [5.74, 6) is -4.65. The van der Waals surface area contributed by atoms with Crippen LogP contribution >= 0.6 is 0 Å². The van der Waals surface area contributed by atoms with Gasteiger partial charge in [-0.25, -0.2) is 9.59 Å². The van der Waals surface area contributed by atoms with E-state index in [1.807, 2.05) is 0 Å². The fraction of sp³-hybridized carbons (Fsp3) is 0.692. The predicted octanol–water partition coefficient (Wildman–Crippen LogP) is 0.143. The number of unbranched alkanes of at least 4 members (excludes halogenated alkanes) is 1. The van der Waals surface area contributed by atoms with E-state index in [0.29, 0.717) is 6.42 Å². The summed E-state index contributed by atoms with van der Waals surface area (Å²) in [6.45, 7) is 4.26. The normalized spacial score (nSPS) is 17.0. The molecule has 0 aliphatic carbocycles. The summed E-state index contributed by atoms with van der Waals surface area (Å²) in [6.07, 6.45) is 1.45. The van der Waals surface area contributed by atoms with Gasteiger partial charge in [0.25, 0.3) is 11.5 Å². The van der Waals surface area contributed by atoms with Gasteiger partial charge < -0.3 is 24.4 Å². The smallest absolute Gasteiger partial charge is 0.377 e. The van der Waals surface area contributed by atoms with E-state index in [9.17, 15) is 14.7 Å². The van der Waals surface area contributed by atoms with Crippen LogP contribution in [0.2, 0.25) is 0 Å². The first-order chi connectivity index (χ1) is 10.1. The maximum absolute atomic E-state index is 11.3. The lowest BCUT2D eigenvalue weighted by atomic mass is 10.3. The summed E-state index contributed by atoms with van der Waals surface area (Å²) >= 11 is 0. The number of hydrogen-bond donors (Lipinski definition) is 2. The number of esters is 2. The third-order valence-electron chi connectivity index (χ3n) is 3.00. The van der Waals surface area contributed by atoms with Crippen LogP contribution < -0.4 is 0 Å². The largest absolute Gasteiger partial charge is 0.499 e. The highest BCUT2D eigenvalue weighted by Crippen LogP contribution is 2.04. The molecule has 0 aromatic rings. The van der Waals surface area contributed by atoms with Crippen molar-refractivity contribution in [2.24, 2.45) is 0 Å². The first kappa shape index (κ1) is 17.3. The Kier molecular flexibility index (Phi) is 7.55. The number of carbonyl (C=O) groups is 2. The molecule has 120 valence electrons. The number of methoxy groups -OCH3 is 1. The molecule has 21 heavy (non-hydrogen) atoms. The zero-order chi connectivity index (χ0) is 15.7. The van der Waals surface area contributed by atoms with Crippen LogP contribution in [0.1, 0.15) is 12.8 Å². The predicted molar refractivity (Wildman–Crippen MR) is 71.8 cm³/mol. The van der Waals surface area contributed by atoms with Crippen molar-refractivity contribution in [1.29, 1.82) is 0 Å². The molecule has 0 spiro atoms. The summed E-state index contributed by atoms with van der Waals surface area (Å²) in [4.78, 5) is 24.5. The van der Waals surface area contributed by atoms with Crippen molar-refractivity contribution in [2.45, 2.75) is 12.8 Å². The number of aliphatic hydroxyl groups excluding tert-OH is 2. The van der Waals surface area contributed by atoms with Gasteiger partial charge in [-0.3, -0.25) is 4.90 Å². The summed E-state index contributed by atoms with van der Waals surface area (Å²) in [5.41, 5.74) is 0. The Morgan fingerprint density at radius 2 is 1.71 bits per heavy atom. The highest BCUT2D eigenvalue weighted by Gasteiger charge is 2.21. The number of nitrogens with zero attached hydrogens (tertiary/aromatic N) is 1. The van der Waals surface area contributed by atoms with E-state index in [1.54, 1.807) is 0 Å². The van der Waals surface area contributed by atoms with Crippen molar-refractivity contribution in [1.82, 2.24) is 4.90 Å². The summed E-state index contributed by atoms with van der Waals surface area (Å²) in [7, 11) is 1.02. The second kappa shape index (κ2) is 9.19. The molecule has 1 saturated heterocycles. The van der Waals surface area contributed by atoms with Crippen molar-refractivity contribution < 1.29 is 34.0 Å². The molecule has 1 heterocycles. The number of morpholine rings is 1. The van der Waals surface area contributed by atoms with Crippen LogP contribution in [0.25, 0.3) is 0 Å². The molecule has 0 radical (unpaired) electrons. The second-order valence-corrected chi connectivity index (χ2v) is 4.49. The van der Waals surface area contributed by atoms with Crippen LogP contribution in [0.3, 0.4) is 0 Å². The highest BCUT2D eigenvalue weighted by molar-refractivity contribution is 5.96. The lowest BCUT2D eigenvalue weighted by molar-refractivity contribution is -0.145. The molecule has 1 aliphatic rings. The molecule has 1 aliphatic heterocycles. The fourth-order valence-corrected chi connectivity index (χ4v) is 1.79. The quantitative estimate of drug-likeness (QED) is 0.296. The fourth-order valence-electron chi connectivity index (χ4n) is 1.79. The minimum Gasteiger partial charge on any atom is -0.499 e. The molecule has 8 heteroatoms. The van der Waals surface area contributed by atoms with Gasteiger partial charge in [-0.2, -0.15) is 0 Å². The van der Waals surface area contributed by atoms with Gasteiger partial charge in [0.1, 0.15) is 0 Å². The summed E-state index contributed by atoms with van der Waals surface area (Å²) < 4.78 is 14.1. The minimum absolute atomic E-state index is 0.0989. The monoisotopic (exact) mass is 303 g/mol. The van der Waals surface area contributed by atoms with Crippen molar-refractivity contribution in [3.63, 3.8) is 0 Å². The lowest BCUT2D eigenvalue weighted by Crippen LogP contribution is -2.36. The Balaban J connectivity index is 2.19. The Morgan fingerprint density at radius 3 is 2.33 bits per heavy atom. The van der Waals surface area contributed by atoms with Gasteiger partial charge in [-0.05, 0) is 19.4 Å². The molecule has 0 aromatic carbocycles. The zero-order valence-corrected chi connectivity index (χ0v) is 12.0. The first-order valence-corrected chi connectivity index (χ1v) is 6.74. The Labute approximate surface area is 122 Å². The number of ether oxygens (including phenoxy) is 3. The molecule has 0 aromatic heterocycles. The SMILES string of the molecule is COC(=O)/C(O)=C(\O)C(=O)OCCCCN1CCOCC1. The van der Waals surface area contributed by atoms with Gasteiger partial charge in [-0.15, -0.1) is 0 Å². The third kappa shape index (κ3) is 6.01. The average Bonchev–Trinajstić information content (AvgIpc) is 2.53. The zero-order valence-electron chi connectivity index (χ0n) is 12.0. The Bertz CT molecular complexity index is 388. The maximum atomic E-state index is 11.3. The van der Waals surface area contributed by atoms with Gasteiger partial charge in [0, 0.05) is 13.1 Å². The molecular weight excluding hydrogens is 282 g/mol. The third-order valence-corrected chi connectivity index (χ3v) is 3.00. The lowest BCUT2D eigenvalue weighted by Gasteiger charge is -2.26. The molecule has 1 fully saturated rings. The highest BCUT2D eigenvalue weighted by atomic mass is 16.6. The standard InChI is InChI=1S/C13H21NO7/c1-19-12(17)10(15)11(16)13(18)21-7-3-2-4-14-5-8-20-9-6-14/h15-16H,2-9H2,1H3/b11-10+. The molecule has 2 N–H and O–H groups in total. The van der Waals surface area contributed by atoms with Gasteiger partial charge in [-0.1, -0.05) is 0 Å². The summed E-state index contributed by atoms with van der Waals surface area (Å²) in [6, 6.07) is 0. The van der Waals surface area contributed by atoms with Gasteiger partial charge in [0.15, 0.2) is 0 Å². The van der Waals surface area contributed by atoms with Crippen LogP contribution in [0, 0.1) is 0 Å². The number of rotatable bonds is 7. The maximum Gasteiger partial charge on any atom is 0.377 e. The van der Waals surface area contributed by atoms with E-state index in [-0.39, 0.29) is 6.61 Å².